The summed E-state index contributed by atoms with van der Waals surface area (Å²) in [7, 11) is 1.49. The smallest absolute Gasteiger partial charge is 0.246 e. The van der Waals surface area contributed by atoms with Crippen molar-refractivity contribution in [1.82, 2.24) is 5.32 Å². The van der Waals surface area contributed by atoms with Gasteiger partial charge in [-0.05, 0) is 12.1 Å². The van der Waals surface area contributed by atoms with Crippen molar-refractivity contribution in [2.45, 2.75) is 0 Å². The Kier molecular flexibility index (Phi) is 2.86. The summed E-state index contributed by atoms with van der Waals surface area (Å²) < 4.78 is 5.16. The van der Waals surface area contributed by atoms with Gasteiger partial charge in [0.15, 0.2) is 0 Å². The van der Waals surface area contributed by atoms with E-state index in [2.05, 4.69) is 5.32 Å². The van der Waals surface area contributed by atoms with Crippen LogP contribution < -0.4 is 20.7 Å². The highest BCUT2D eigenvalue weighted by molar-refractivity contribution is 6.05. The summed E-state index contributed by atoms with van der Waals surface area (Å²) in [6, 6.07) is 4.96. The molecule has 17 heavy (non-hydrogen) atoms. The molecular weight excluding hydrogens is 222 g/mol. The third kappa shape index (κ3) is 2.15. The molecule has 1 aliphatic heterocycles. The number of ether oxygens (including phenoxy) is 1. The molecule has 0 saturated carbocycles. The van der Waals surface area contributed by atoms with Crippen LogP contribution in [0, 0.1) is 0 Å². The SMILES string of the molecule is COc1cc(N)ccc1N1CC(=O)NCC1=O. The Bertz CT molecular complexity index is 473. The third-order valence-corrected chi connectivity index (χ3v) is 2.53. The second-order valence-electron chi connectivity index (χ2n) is 3.69. The van der Waals surface area contributed by atoms with Crippen LogP contribution >= 0.6 is 0 Å². The van der Waals surface area contributed by atoms with Gasteiger partial charge in [-0.1, -0.05) is 0 Å². The van der Waals surface area contributed by atoms with E-state index in [1.807, 2.05) is 0 Å². The Morgan fingerprint density at radius 1 is 1.41 bits per heavy atom. The van der Waals surface area contributed by atoms with Crippen LogP contribution in [0.5, 0.6) is 5.75 Å². The normalized spacial score (nSPS) is 15.7. The largest absolute Gasteiger partial charge is 0.494 e. The van der Waals surface area contributed by atoms with Gasteiger partial charge in [-0.15, -0.1) is 0 Å². The maximum atomic E-state index is 11.7. The van der Waals surface area contributed by atoms with E-state index in [0.717, 1.165) is 0 Å². The second kappa shape index (κ2) is 4.32. The van der Waals surface area contributed by atoms with Crippen LogP contribution in [0.25, 0.3) is 0 Å². The number of nitrogens with one attached hydrogen (secondary N) is 1. The van der Waals surface area contributed by atoms with Crippen molar-refractivity contribution in [3.8, 4) is 5.75 Å². The zero-order valence-corrected chi connectivity index (χ0v) is 9.40. The number of nitrogens with zero attached hydrogens (tertiary/aromatic N) is 1. The molecule has 0 atom stereocenters. The van der Waals surface area contributed by atoms with Crippen molar-refractivity contribution < 1.29 is 14.3 Å². The van der Waals surface area contributed by atoms with Gasteiger partial charge in [0.05, 0.1) is 19.3 Å². The number of amides is 2. The van der Waals surface area contributed by atoms with E-state index in [-0.39, 0.29) is 24.9 Å². The summed E-state index contributed by atoms with van der Waals surface area (Å²) in [5.74, 6) is 0.115. The Balaban J connectivity index is 2.38. The molecule has 1 heterocycles. The van der Waals surface area contributed by atoms with Crippen LogP contribution in [0.4, 0.5) is 11.4 Å². The molecule has 2 amide bonds. The quantitative estimate of drug-likeness (QED) is 0.692. The molecule has 1 aromatic rings. The number of hydrogen-bond acceptors (Lipinski definition) is 4. The lowest BCUT2D eigenvalue weighted by Crippen LogP contribution is -2.51. The predicted octanol–water partition coefficient (Wildman–Crippen LogP) is -0.260. The van der Waals surface area contributed by atoms with E-state index >= 15 is 0 Å². The van der Waals surface area contributed by atoms with Gasteiger partial charge in [-0.25, -0.2) is 0 Å². The number of anilines is 2. The molecule has 0 unspecified atom stereocenters. The third-order valence-electron chi connectivity index (χ3n) is 2.53. The van der Waals surface area contributed by atoms with E-state index in [9.17, 15) is 9.59 Å². The fourth-order valence-electron chi connectivity index (χ4n) is 1.69. The molecule has 0 bridgehead atoms. The number of benzene rings is 1. The molecular formula is C11H13N3O3. The fraction of sp³-hybridized carbons (Fsp3) is 0.273. The van der Waals surface area contributed by atoms with Crippen LogP contribution in [0.2, 0.25) is 0 Å². The molecule has 0 aromatic heterocycles. The first-order valence-electron chi connectivity index (χ1n) is 5.12. The van der Waals surface area contributed by atoms with Crippen molar-refractivity contribution in [1.29, 1.82) is 0 Å². The zero-order valence-electron chi connectivity index (χ0n) is 9.40. The average molecular weight is 235 g/mol. The predicted molar refractivity (Wildman–Crippen MR) is 62.8 cm³/mol. The number of rotatable bonds is 2. The summed E-state index contributed by atoms with van der Waals surface area (Å²) in [5.41, 5.74) is 6.73. The Hall–Kier alpha value is -2.24. The summed E-state index contributed by atoms with van der Waals surface area (Å²) in [5, 5.41) is 2.48. The lowest BCUT2D eigenvalue weighted by molar-refractivity contribution is -0.128. The maximum absolute atomic E-state index is 11.7. The molecule has 1 aliphatic rings. The Labute approximate surface area is 98.3 Å². The standard InChI is InChI=1S/C11H13N3O3/c1-17-9-4-7(12)2-3-8(9)14-6-10(15)13-5-11(14)16/h2-4H,5-6,12H2,1H3,(H,13,15). The maximum Gasteiger partial charge on any atom is 0.246 e. The van der Waals surface area contributed by atoms with Crippen LogP contribution in [0.15, 0.2) is 18.2 Å². The highest BCUT2D eigenvalue weighted by Gasteiger charge is 2.26. The molecule has 1 saturated heterocycles. The number of nitrogen functional groups attached to an aromatic ring is 1. The van der Waals surface area contributed by atoms with Crippen molar-refractivity contribution in [2.24, 2.45) is 0 Å². The lowest BCUT2D eigenvalue weighted by atomic mass is 10.2. The molecule has 0 spiro atoms. The van der Waals surface area contributed by atoms with E-state index in [4.69, 9.17) is 10.5 Å². The number of carbonyl (C=O) groups excluding carboxylic acids is 2. The molecule has 6 nitrogen and oxygen atoms in total. The highest BCUT2D eigenvalue weighted by Crippen LogP contribution is 2.30. The van der Waals surface area contributed by atoms with Crippen LogP contribution in [-0.4, -0.2) is 32.0 Å². The lowest BCUT2D eigenvalue weighted by Gasteiger charge is -2.27. The first-order valence-corrected chi connectivity index (χ1v) is 5.12. The van der Waals surface area contributed by atoms with Gasteiger partial charge >= 0.3 is 0 Å². The minimum absolute atomic E-state index is 0.000882. The van der Waals surface area contributed by atoms with Gasteiger partial charge in [-0.3, -0.25) is 14.5 Å². The summed E-state index contributed by atoms with van der Waals surface area (Å²) in [6.07, 6.45) is 0. The van der Waals surface area contributed by atoms with Gasteiger partial charge in [0.2, 0.25) is 11.8 Å². The number of piperazine rings is 1. The van der Waals surface area contributed by atoms with Crippen LogP contribution in [0.3, 0.4) is 0 Å². The van der Waals surface area contributed by atoms with Crippen LogP contribution in [-0.2, 0) is 9.59 Å². The minimum Gasteiger partial charge on any atom is -0.494 e. The summed E-state index contributed by atoms with van der Waals surface area (Å²) in [6.45, 7) is 0.00543. The first kappa shape index (κ1) is 11.3. The number of methoxy groups -OCH3 is 1. The molecule has 0 radical (unpaired) electrons. The van der Waals surface area contributed by atoms with E-state index in [1.54, 1.807) is 18.2 Å². The molecule has 1 fully saturated rings. The molecule has 90 valence electrons. The summed E-state index contributed by atoms with van der Waals surface area (Å²) >= 11 is 0. The molecule has 6 heteroatoms. The molecule has 3 N–H and O–H groups in total. The topological polar surface area (TPSA) is 84.7 Å². The van der Waals surface area contributed by atoms with Gasteiger partial charge < -0.3 is 15.8 Å². The first-order chi connectivity index (χ1) is 8.11. The highest BCUT2D eigenvalue weighted by atomic mass is 16.5. The van der Waals surface area contributed by atoms with Crippen molar-refractivity contribution >= 4 is 23.2 Å². The minimum atomic E-state index is -0.191. The monoisotopic (exact) mass is 235 g/mol. The Morgan fingerprint density at radius 2 is 2.18 bits per heavy atom. The van der Waals surface area contributed by atoms with E-state index in [1.165, 1.54) is 12.0 Å². The van der Waals surface area contributed by atoms with Gasteiger partial charge in [0.1, 0.15) is 12.3 Å². The number of carbonyl (C=O) groups is 2. The average Bonchev–Trinajstić information content (AvgIpc) is 2.32. The molecule has 0 aliphatic carbocycles. The van der Waals surface area contributed by atoms with Crippen molar-refractivity contribution in [3.63, 3.8) is 0 Å². The number of nitrogens with two attached hydrogens (primary N) is 1. The van der Waals surface area contributed by atoms with Gasteiger partial charge in [-0.2, -0.15) is 0 Å². The second-order valence-corrected chi connectivity index (χ2v) is 3.69. The molecule has 2 rings (SSSR count). The Morgan fingerprint density at radius 3 is 2.88 bits per heavy atom. The fourth-order valence-corrected chi connectivity index (χ4v) is 1.69. The summed E-state index contributed by atoms with van der Waals surface area (Å²) in [4.78, 5) is 24.4. The van der Waals surface area contributed by atoms with Crippen LogP contribution in [0.1, 0.15) is 0 Å². The zero-order chi connectivity index (χ0) is 12.4. The van der Waals surface area contributed by atoms with Crippen molar-refractivity contribution in [3.05, 3.63) is 18.2 Å². The van der Waals surface area contributed by atoms with Crippen molar-refractivity contribution in [2.75, 3.05) is 30.8 Å². The van der Waals surface area contributed by atoms with E-state index < -0.39 is 0 Å². The number of hydrogen-bond donors (Lipinski definition) is 2. The van der Waals surface area contributed by atoms with E-state index in [0.29, 0.717) is 17.1 Å². The molecule has 1 aromatic carbocycles. The van der Waals surface area contributed by atoms with Gasteiger partial charge in [0, 0.05) is 11.8 Å². The van der Waals surface area contributed by atoms with Gasteiger partial charge in [0.25, 0.3) is 0 Å².